The molecule has 0 radical (unpaired) electrons. The van der Waals surface area contributed by atoms with Crippen LogP contribution in [0.2, 0.25) is 0 Å². The van der Waals surface area contributed by atoms with Gasteiger partial charge in [-0.3, -0.25) is 0 Å². The van der Waals surface area contributed by atoms with E-state index in [1.54, 1.807) is 0 Å². The summed E-state index contributed by atoms with van der Waals surface area (Å²) in [6.07, 6.45) is 0. The molecule has 2 atom stereocenters. The predicted molar refractivity (Wildman–Crippen MR) is 68.3 cm³/mol. The second kappa shape index (κ2) is 5.61. The first-order valence-electron chi connectivity index (χ1n) is 6.29. The Morgan fingerprint density at radius 3 is 2.59 bits per heavy atom. The summed E-state index contributed by atoms with van der Waals surface area (Å²) in [6.45, 7) is 6.55. The van der Waals surface area contributed by atoms with Gasteiger partial charge in [-0.2, -0.15) is 0 Å². The second-order valence-electron chi connectivity index (χ2n) is 5.22. The summed E-state index contributed by atoms with van der Waals surface area (Å²) in [5.74, 6) is 1.33. The normalized spacial score (nSPS) is 24.5. The highest BCUT2D eigenvalue weighted by molar-refractivity contribution is 5.15. The van der Waals surface area contributed by atoms with Crippen LogP contribution in [-0.4, -0.2) is 31.6 Å². The summed E-state index contributed by atoms with van der Waals surface area (Å²) in [5.41, 5.74) is 1.17. The zero-order valence-electron chi connectivity index (χ0n) is 10.6. The third kappa shape index (κ3) is 3.51. The Labute approximate surface area is 103 Å². The largest absolute Gasteiger partial charge is 0.316 e. The summed E-state index contributed by atoms with van der Waals surface area (Å²) >= 11 is 0. The van der Waals surface area contributed by atoms with Gasteiger partial charge in [-0.1, -0.05) is 19.1 Å². The van der Waals surface area contributed by atoms with Crippen LogP contribution >= 0.6 is 0 Å². The van der Waals surface area contributed by atoms with Gasteiger partial charge in [-0.15, -0.1) is 0 Å². The van der Waals surface area contributed by atoms with Crippen LogP contribution in [0.3, 0.4) is 0 Å². The smallest absolute Gasteiger partial charge is 0.123 e. The Kier molecular flexibility index (Phi) is 4.13. The number of rotatable bonds is 4. The van der Waals surface area contributed by atoms with E-state index in [2.05, 4.69) is 24.2 Å². The SMILES string of the molecule is C[C@@H]1CNC[C@H]1CN(C)Cc1ccc(F)cc1. The first-order chi connectivity index (χ1) is 8.15. The van der Waals surface area contributed by atoms with E-state index in [1.165, 1.54) is 17.7 Å². The van der Waals surface area contributed by atoms with E-state index in [-0.39, 0.29) is 5.82 Å². The maximum absolute atomic E-state index is 12.8. The minimum atomic E-state index is -0.162. The molecule has 94 valence electrons. The lowest BCUT2D eigenvalue weighted by molar-refractivity contribution is 0.252. The summed E-state index contributed by atoms with van der Waals surface area (Å²) in [5, 5.41) is 3.42. The summed E-state index contributed by atoms with van der Waals surface area (Å²) in [7, 11) is 2.13. The third-order valence-electron chi connectivity index (χ3n) is 3.59. The van der Waals surface area contributed by atoms with Gasteiger partial charge in [0.25, 0.3) is 0 Å². The molecule has 0 unspecified atom stereocenters. The van der Waals surface area contributed by atoms with E-state index in [9.17, 15) is 4.39 Å². The maximum Gasteiger partial charge on any atom is 0.123 e. The topological polar surface area (TPSA) is 15.3 Å². The van der Waals surface area contributed by atoms with E-state index >= 15 is 0 Å². The Hall–Kier alpha value is -0.930. The van der Waals surface area contributed by atoms with Crippen molar-refractivity contribution in [1.29, 1.82) is 0 Å². The molecule has 1 fully saturated rings. The molecule has 0 spiro atoms. The van der Waals surface area contributed by atoms with Gasteiger partial charge in [0.05, 0.1) is 0 Å². The molecule has 0 saturated carbocycles. The first-order valence-corrected chi connectivity index (χ1v) is 6.29. The highest BCUT2D eigenvalue weighted by Gasteiger charge is 2.23. The predicted octanol–water partition coefficient (Wildman–Crippen LogP) is 2.11. The summed E-state index contributed by atoms with van der Waals surface area (Å²) in [6, 6.07) is 6.79. The van der Waals surface area contributed by atoms with Gasteiger partial charge in [0.1, 0.15) is 5.82 Å². The molecule has 1 aliphatic rings. The van der Waals surface area contributed by atoms with Gasteiger partial charge in [0.2, 0.25) is 0 Å². The fourth-order valence-electron chi connectivity index (χ4n) is 2.48. The molecule has 1 saturated heterocycles. The fraction of sp³-hybridized carbons (Fsp3) is 0.571. The van der Waals surface area contributed by atoms with Crippen LogP contribution in [0.5, 0.6) is 0 Å². The van der Waals surface area contributed by atoms with Gasteiger partial charge in [-0.25, -0.2) is 4.39 Å². The molecule has 1 aromatic carbocycles. The Morgan fingerprint density at radius 2 is 2.00 bits per heavy atom. The molecule has 3 heteroatoms. The van der Waals surface area contributed by atoms with Crippen LogP contribution in [0.1, 0.15) is 12.5 Å². The molecular weight excluding hydrogens is 215 g/mol. The highest BCUT2D eigenvalue weighted by atomic mass is 19.1. The Balaban J connectivity index is 1.84. The molecule has 1 N–H and O–H groups in total. The van der Waals surface area contributed by atoms with Gasteiger partial charge in [0.15, 0.2) is 0 Å². The Bertz CT molecular complexity index is 350. The van der Waals surface area contributed by atoms with E-state index in [0.717, 1.165) is 38.0 Å². The van der Waals surface area contributed by atoms with Crippen molar-refractivity contribution < 1.29 is 4.39 Å². The number of halogens is 1. The number of benzene rings is 1. The number of hydrogen-bond donors (Lipinski definition) is 1. The minimum absolute atomic E-state index is 0.162. The zero-order chi connectivity index (χ0) is 12.3. The van der Waals surface area contributed by atoms with Crippen molar-refractivity contribution in [3.8, 4) is 0 Å². The van der Waals surface area contributed by atoms with Gasteiger partial charge in [-0.05, 0) is 49.7 Å². The van der Waals surface area contributed by atoms with Crippen molar-refractivity contribution in [2.75, 3.05) is 26.7 Å². The minimum Gasteiger partial charge on any atom is -0.316 e. The average molecular weight is 236 g/mol. The molecule has 2 rings (SSSR count). The van der Waals surface area contributed by atoms with E-state index < -0.39 is 0 Å². The fourth-order valence-corrected chi connectivity index (χ4v) is 2.48. The van der Waals surface area contributed by atoms with Gasteiger partial charge >= 0.3 is 0 Å². The van der Waals surface area contributed by atoms with Crippen LogP contribution in [-0.2, 0) is 6.54 Å². The van der Waals surface area contributed by atoms with Crippen LogP contribution < -0.4 is 5.32 Å². The number of hydrogen-bond acceptors (Lipinski definition) is 2. The standard InChI is InChI=1S/C14H21FN2/c1-11-7-16-8-13(11)10-17(2)9-12-3-5-14(15)6-4-12/h3-6,11,13,16H,7-10H2,1-2H3/t11-,13+/m1/s1. The van der Waals surface area contributed by atoms with Crippen molar-refractivity contribution in [3.05, 3.63) is 35.6 Å². The van der Waals surface area contributed by atoms with Crippen LogP contribution in [0.25, 0.3) is 0 Å². The van der Waals surface area contributed by atoms with Crippen LogP contribution in [0.15, 0.2) is 24.3 Å². The lowest BCUT2D eigenvalue weighted by atomic mass is 9.97. The molecule has 1 aliphatic heterocycles. The van der Waals surface area contributed by atoms with Crippen molar-refractivity contribution >= 4 is 0 Å². The maximum atomic E-state index is 12.8. The molecule has 0 bridgehead atoms. The molecule has 17 heavy (non-hydrogen) atoms. The van der Waals surface area contributed by atoms with Gasteiger partial charge in [0, 0.05) is 13.1 Å². The molecule has 0 aliphatic carbocycles. The Morgan fingerprint density at radius 1 is 1.29 bits per heavy atom. The van der Waals surface area contributed by atoms with Crippen LogP contribution in [0, 0.1) is 17.7 Å². The van der Waals surface area contributed by atoms with Crippen LogP contribution in [0.4, 0.5) is 4.39 Å². The van der Waals surface area contributed by atoms with Crippen molar-refractivity contribution in [1.82, 2.24) is 10.2 Å². The molecular formula is C14H21FN2. The highest BCUT2D eigenvalue weighted by Crippen LogP contribution is 2.17. The van der Waals surface area contributed by atoms with E-state index in [1.807, 2.05) is 12.1 Å². The van der Waals surface area contributed by atoms with Crippen molar-refractivity contribution in [2.45, 2.75) is 13.5 Å². The van der Waals surface area contributed by atoms with E-state index in [4.69, 9.17) is 0 Å². The quantitative estimate of drug-likeness (QED) is 0.861. The number of nitrogens with zero attached hydrogens (tertiary/aromatic N) is 1. The summed E-state index contributed by atoms with van der Waals surface area (Å²) in [4.78, 5) is 2.32. The summed E-state index contributed by atoms with van der Waals surface area (Å²) < 4.78 is 12.8. The average Bonchev–Trinajstić information content (AvgIpc) is 2.68. The molecule has 0 aromatic heterocycles. The molecule has 2 nitrogen and oxygen atoms in total. The zero-order valence-corrected chi connectivity index (χ0v) is 10.6. The molecule has 1 aromatic rings. The number of nitrogens with one attached hydrogen (secondary N) is 1. The van der Waals surface area contributed by atoms with Crippen molar-refractivity contribution in [3.63, 3.8) is 0 Å². The first kappa shape index (κ1) is 12.5. The monoisotopic (exact) mass is 236 g/mol. The van der Waals surface area contributed by atoms with Gasteiger partial charge < -0.3 is 10.2 Å². The lowest BCUT2D eigenvalue weighted by Crippen LogP contribution is -2.28. The third-order valence-corrected chi connectivity index (χ3v) is 3.59. The van der Waals surface area contributed by atoms with E-state index in [0.29, 0.717) is 0 Å². The second-order valence-corrected chi connectivity index (χ2v) is 5.22. The van der Waals surface area contributed by atoms with Crippen molar-refractivity contribution in [2.24, 2.45) is 11.8 Å². The molecule has 0 amide bonds. The molecule has 1 heterocycles. The lowest BCUT2D eigenvalue weighted by Gasteiger charge is -2.23.